The highest BCUT2D eigenvalue weighted by atomic mass is 15.1. The highest BCUT2D eigenvalue weighted by molar-refractivity contribution is 5.21. The highest BCUT2D eigenvalue weighted by Crippen LogP contribution is 2.07. The highest BCUT2D eigenvalue weighted by Gasteiger charge is 2.05. The van der Waals surface area contributed by atoms with E-state index < -0.39 is 0 Å². The van der Waals surface area contributed by atoms with Crippen molar-refractivity contribution in [3.63, 3.8) is 0 Å². The van der Waals surface area contributed by atoms with Crippen molar-refractivity contribution in [1.82, 2.24) is 4.90 Å². The fourth-order valence-electron chi connectivity index (χ4n) is 1.64. The summed E-state index contributed by atoms with van der Waals surface area (Å²) in [5, 5.41) is 17.2. The van der Waals surface area contributed by atoms with Gasteiger partial charge in [-0.1, -0.05) is 29.8 Å². The number of hydrogen-bond donors (Lipinski definition) is 0. The van der Waals surface area contributed by atoms with Crippen LogP contribution in [0.1, 0.15) is 24.0 Å². The van der Waals surface area contributed by atoms with E-state index in [-0.39, 0.29) is 0 Å². The van der Waals surface area contributed by atoms with Crippen molar-refractivity contribution >= 4 is 0 Å². The van der Waals surface area contributed by atoms with Gasteiger partial charge in [0.1, 0.15) is 0 Å². The minimum absolute atomic E-state index is 0.511. The van der Waals surface area contributed by atoms with E-state index in [1.165, 1.54) is 11.1 Å². The lowest BCUT2D eigenvalue weighted by atomic mass is 10.1. The van der Waals surface area contributed by atoms with E-state index in [9.17, 15) is 0 Å². The van der Waals surface area contributed by atoms with Gasteiger partial charge in [0, 0.05) is 32.5 Å². The molecule has 0 saturated carbocycles. The first kappa shape index (κ1) is 13.2. The monoisotopic (exact) mass is 227 g/mol. The van der Waals surface area contributed by atoms with Gasteiger partial charge in [-0.25, -0.2) is 0 Å². The molecule has 0 aliphatic rings. The molecule has 0 bridgehead atoms. The molecule has 17 heavy (non-hydrogen) atoms. The first-order valence-electron chi connectivity index (χ1n) is 5.78. The topological polar surface area (TPSA) is 50.8 Å². The molecule has 0 amide bonds. The molecule has 0 aliphatic carbocycles. The minimum Gasteiger partial charge on any atom is -0.297 e. The smallest absolute Gasteiger partial charge is 0.0635 e. The Balaban J connectivity index is 2.55. The zero-order valence-corrected chi connectivity index (χ0v) is 10.2. The fourth-order valence-corrected chi connectivity index (χ4v) is 1.64. The molecule has 88 valence electrons. The Kier molecular flexibility index (Phi) is 5.79. The van der Waals surface area contributed by atoms with E-state index in [0.717, 1.165) is 19.6 Å². The van der Waals surface area contributed by atoms with Crippen LogP contribution in [0.3, 0.4) is 0 Å². The average Bonchev–Trinajstić information content (AvgIpc) is 2.35. The van der Waals surface area contributed by atoms with E-state index >= 15 is 0 Å². The van der Waals surface area contributed by atoms with Crippen LogP contribution in [-0.2, 0) is 6.54 Å². The molecule has 0 atom stereocenters. The van der Waals surface area contributed by atoms with Gasteiger partial charge in [0.2, 0.25) is 0 Å². The Morgan fingerprint density at radius 1 is 1.00 bits per heavy atom. The van der Waals surface area contributed by atoms with Crippen molar-refractivity contribution in [2.75, 3.05) is 13.1 Å². The maximum absolute atomic E-state index is 8.60. The van der Waals surface area contributed by atoms with E-state index in [1.807, 2.05) is 0 Å². The molecular formula is C14H17N3. The maximum atomic E-state index is 8.60. The SMILES string of the molecule is Cc1ccc(CN(CCC#N)CCC#N)cc1. The zero-order valence-electron chi connectivity index (χ0n) is 10.2. The van der Waals surface area contributed by atoms with Gasteiger partial charge in [-0.2, -0.15) is 10.5 Å². The van der Waals surface area contributed by atoms with Crippen LogP contribution in [0.15, 0.2) is 24.3 Å². The van der Waals surface area contributed by atoms with Gasteiger partial charge in [-0.15, -0.1) is 0 Å². The molecule has 3 nitrogen and oxygen atoms in total. The van der Waals surface area contributed by atoms with Crippen molar-refractivity contribution in [3.05, 3.63) is 35.4 Å². The molecule has 1 aromatic carbocycles. The fraction of sp³-hybridized carbons (Fsp3) is 0.429. The first-order valence-corrected chi connectivity index (χ1v) is 5.78. The van der Waals surface area contributed by atoms with Gasteiger partial charge in [-0.3, -0.25) is 4.90 Å². The molecule has 0 aromatic heterocycles. The number of nitrogens with zero attached hydrogens (tertiary/aromatic N) is 3. The Hall–Kier alpha value is -1.84. The standard InChI is InChI=1S/C14H17N3/c1-13-4-6-14(7-5-13)12-17(10-2-8-15)11-3-9-16/h4-7H,2-3,10-12H2,1H3. The second-order valence-corrected chi connectivity index (χ2v) is 4.08. The molecule has 0 unspecified atom stereocenters. The molecule has 1 rings (SSSR count). The van der Waals surface area contributed by atoms with Crippen LogP contribution in [0.5, 0.6) is 0 Å². The third-order valence-corrected chi connectivity index (χ3v) is 2.61. The van der Waals surface area contributed by atoms with Crippen LogP contribution in [-0.4, -0.2) is 18.0 Å². The molecule has 0 heterocycles. The number of benzene rings is 1. The molecule has 3 heteroatoms. The van der Waals surface area contributed by atoms with Crippen LogP contribution in [0.25, 0.3) is 0 Å². The van der Waals surface area contributed by atoms with Gasteiger partial charge in [0.05, 0.1) is 12.1 Å². The van der Waals surface area contributed by atoms with Gasteiger partial charge in [0.15, 0.2) is 0 Å². The summed E-state index contributed by atoms with van der Waals surface area (Å²) in [6, 6.07) is 12.7. The molecule has 0 radical (unpaired) electrons. The third-order valence-electron chi connectivity index (χ3n) is 2.61. The number of aryl methyl sites for hydroxylation is 1. The Morgan fingerprint density at radius 3 is 2.00 bits per heavy atom. The molecule has 0 fully saturated rings. The summed E-state index contributed by atoms with van der Waals surface area (Å²) in [6.45, 7) is 4.33. The van der Waals surface area contributed by atoms with E-state index in [0.29, 0.717) is 12.8 Å². The summed E-state index contributed by atoms with van der Waals surface area (Å²) in [6.07, 6.45) is 1.02. The minimum atomic E-state index is 0.511. The molecule has 0 N–H and O–H groups in total. The van der Waals surface area contributed by atoms with E-state index in [2.05, 4.69) is 48.2 Å². The first-order chi connectivity index (χ1) is 8.26. The second kappa shape index (κ2) is 7.44. The lowest BCUT2D eigenvalue weighted by Crippen LogP contribution is -2.25. The molecule has 0 saturated heterocycles. The van der Waals surface area contributed by atoms with E-state index in [1.54, 1.807) is 0 Å². The normalized spacial score (nSPS) is 9.88. The second-order valence-electron chi connectivity index (χ2n) is 4.08. The number of nitriles is 2. The van der Waals surface area contributed by atoms with Crippen LogP contribution in [0, 0.1) is 29.6 Å². The summed E-state index contributed by atoms with van der Waals surface area (Å²) in [5.74, 6) is 0. The largest absolute Gasteiger partial charge is 0.297 e. The maximum Gasteiger partial charge on any atom is 0.0635 e. The third kappa shape index (κ3) is 5.15. The molecular weight excluding hydrogens is 210 g/mol. The molecule has 0 aliphatic heterocycles. The van der Waals surface area contributed by atoms with Crippen LogP contribution in [0.4, 0.5) is 0 Å². The Morgan fingerprint density at radius 2 is 1.53 bits per heavy atom. The Labute approximate surface area is 103 Å². The average molecular weight is 227 g/mol. The van der Waals surface area contributed by atoms with E-state index in [4.69, 9.17) is 10.5 Å². The summed E-state index contributed by atoms with van der Waals surface area (Å²) in [7, 11) is 0. The lowest BCUT2D eigenvalue weighted by Gasteiger charge is -2.19. The molecule has 0 spiro atoms. The summed E-state index contributed by atoms with van der Waals surface area (Å²) in [4.78, 5) is 2.15. The van der Waals surface area contributed by atoms with Gasteiger partial charge < -0.3 is 0 Å². The number of hydrogen-bond acceptors (Lipinski definition) is 3. The predicted octanol–water partition coefficient (Wildman–Crippen LogP) is 2.62. The predicted molar refractivity (Wildman–Crippen MR) is 66.9 cm³/mol. The van der Waals surface area contributed by atoms with Crippen LogP contribution >= 0.6 is 0 Å². The van der Waals surface area contributed by atoms with Crippen LogP contribution < -0.4 is 0 Å². The molecule has 1 aromatic rings. The van der Waals surface area contributed by atoms with Crippen molar-refractivity contribution < 1.29 is 0 Å². The van der Waals surface area contributed by atoms with Gasteiger partial charge in [0.25, 0.3) is 0 Å². The van der Waals surface area contributed by atoms with Crippen molar-refractivity contribution in [3.8, 4) is 12.1 Å². The Bertz CT molecular complexity index is 391. The van der Waals surface area contributed by atoms with Gasteiger partial charge in [-0.05, 0) is 12.5 Å². The summed E-state index contributed by atoms with van der Waals surface area (Å²) >= 11 is 0. The number of rotatable bonds is 6. The van der Waals surface area contributed by atoms with Gasteiger partial charge >= 0.3 is 0 Å². The lowest BCUT2D eigenvalue weighted by molar-refractivity contribution is 0.278. The summed E-state index contributed by atoms with van der Waals surface area (Å²) in [5.41, 5.74) is 2.47. The quantitative estimate of drug-likeness (QED) is 0.750. The van der Waals surface area contributed by atoms with Crippen molar-refractivity contribution in [2.45, 2.75) is 26.3 Å². The summed E-state index contributed by atoms with van der Waals surface area (Å²) < 4.78 is 0. The zero-order chi connectivity index (χ0) is 12.5. The van der Waals surface area contributed by atoms with Crippen LogP contribution in [0.2, 0.25) is 0 Å². The van der Waals surface area contributed by atoms with Crippen molar-refractivity contribution in [2.24, 2.45) is 0 Å². The van der Waals surface area contributed by atoms with Crippen molar-refractivity contribution in [1.29, 1.82) is 10.5 Å².